The van der Waals surface area contributed by atoms with Crippen LogP contribution in [0.3, 0.4) is 0 Å². The molecule has 2 aromatic carbocycles. The normalized spacial score (nSPS) is 12.5. The molecule has 1 nitrogen and oxygen atoms in total. The predicted molar refractivity (Wildman–Crippen MR) is 65.1 cm³/mol. The summed E-state index contributed by atoms with van der Waals surface area (Å²) in [4.78, 5) is 3.69. The van der Waals surface area contributed by atoms with E-state index in [9.17, 15) is 13.2 Å². The first-order valence-electron chi connectivity index (χ1n) is 5.34. The maximum Gasteiger partial charge on any atom is 0.433 e. The minimum Gasteiger partial charge on any atom is -0.243 e. The molecule has 4 heteroatoms. The van der Waals surface area contributed by atoms with E-state index >= 15 is 0 Å². The smallest absolute Gasteiger partial charge is 0.243 e. The molecule has 0 heterocycles. The van der Waals surface area contributed by atoms with Gasteiger partial charge in [0.2, 0.25) is 0 Å². The molecule has 0 aliphatic carbocycles. The van der Waals surface area contributed by atoms with Crippen LogP contribution in [0, 0.1) is 0 Å². The zero-order valence-electron chi connectivity index (χ0n) is 9.35. The average molecular weight is 249 g/mol. The third-order valence-corrected chi connectivity index (χ3v) is 2.31. The molecule has 0 bridgehead atoms. The van der Waals surface area contributed by atoms with Crippen LogP contribution in [0.15, 0.2) is 65.7 Å². The highest BCUT2D eigenvalue weighted by Gasteiger charge is 2.36. The van der Waals surface area contributed by atoms with Crippen molar-refractivity contribution >= 4 is 11.4 Å². The van der Waals surface area contributed by atoms with Gasteiger partial charge >= 0.3 is 6.18 Å². The second kappa shape index (κ2) is 5.04. The second-order valence-corrected chi connectivity index (χ2v) is 3.66. The number of hydrogen-bond donors (Lipinski definition) is 0. The number of nitrogens with zero attached hydrogens (tertiary/aromatic N) is 1. The quantitative estimate of drug-likeness (QED) is 0.701. The number of aliphatic imine (C=N–C) groups is 1. The minimum absolute atomic E-state index is 0.0638. The molecule has 92 valence electrons. The molecule has 18 heavy (non-hydrogen) atoms. The summed E-state index contributed by atoms with van der Waals surface area (Å²) in [5.74, 6) is 0. The van der Waals surface area contributed by atoms with Crippen LogP contribution < -0.4 is 0 Å². The monoisotopic (exact) mass is 249 g/mol. The van der Waals surface area contributed by atoms with Gasteiger partial charge < -0.3 is 0 Å². The number of halogens is 3. The van der Waals surface area contributed by atoms with Crippen LogP contribution in [-0.4, -0.2) is 11.9 Å². The highest BCUT2D eigenvalue weighted by Crippen LogP contribution is 2.25. The van der Waals surface area contributed by atoms with Crippen LogP contribution in [0.1, 0.15) is 5.56 Å². The van der Waals surface area contributed by atoms with Crippen molar-refractivity contribution in [3.05, 3.63) is 66.2 Å². The molecule has 0 saturated heterocycles. The van der Waals surface area contributed by atoms with Gasteiger partial charge in [0, 0.05) is 5.56 Å². The summed E-state index contributed by atoms with van der Waals surface area (Å²) in [6.07, 6.45) is -4.48. The Bertz CT molecular complexity index is 530. The van der Waals surface area contributed by atoms with Gasteiger partial charge in [-0.1, -0.05) is 48.5 Å². The molecule has 0 aromatic heterocycles. The van der Waals surface area contributed by atoms with Gasteiger partial charge in [-0.3, -0.25) is 0 Å². The molecule has 0 saturated carbocycles. The third kappa shape index (κ3) is 2.97. The Hall–Kier alpha value is -2.10. The Morgan fingerprint density at radius 1 is 0.778 bits per heavy atom. The standard InChI is InChI=1S/C14H10F3N/c15-14(16,17)13(11-7-3-1-4-8-11)18-12-9-5-2-6-10-12/h1-10H. The SMILES string of the molecule is FC(F)(F)C(=Nc1ccccc1)c1ccccc1. The van der Waals surface area contributed by atoms with E-state index in [4.69, 9.17) is 0 Å². The zero-order chi connectivity index (χ0) is 13.0. The summed E-state index contributed by atoms with van der Waals surface area (Å²) in [6.45, 7) is 0. The number of benzene rings is 2. The van der Waals surface area contributed by atoms with Gasteiger partial charge in [-0.05, 0) is 12.1 Å². The van der Waals surface area contributed by atoms with E-state index in [1.165, 1.54) is 24.3 Å². The summed E-state index contributed by atoms with van der Waals surface area (Å²) in [7, 11) is 0. The number of hydrogen-bond acceptors (Lipinski definition) is 1. The molecule has 2 aromatic rings. The van der Waals surface area contributed by atoms with Crippen molar-refractivity contribution in [3.63, 3.8) is 0 Å². The Morgan fingerprint density at radius 2 is 1.28 bits per heavy atom. The molecule has 0 N–H and O–H groups in total. The van der Waals surface area contributed by atoms with Gasteiger partial charge in [-0.2, -0.15) is 13.2 Å². The summed E-state index contributed by atoms with van der Waals surface area (Å²) in [5, 5.41) is 0. The van der Waals surface area contributed by atoms with E-state index in [0.29, 0.717) is 0 Å². The summed E-state index contributed by atoms with van der Waals surface area (Å²) in [6, 6.07) is 15.7. The molecule has 0 aliphatic heterocycles. The van der Waals surface area contributed by atoms with Gasteiger partial charge in [0.15, 0.2) is 5.71 Å². The lowest BCUT2D eigenvalue weighted by atomic mass is 10.1. The van der Waals surface area contributed by atoms with Crippen LogP contribution in [0.25, 0.3) is 0 Å². The van der Waals surface area contributed by atoms with Crippen molar-refractivity contribution in [1.29, 1.82) is 0 Å². The zero-order valence-corrected chi connectivity index (χ0v) is 9.35. The van der Waals surface area contributed by atoms with Crippen molar-refractivity contribution in [3.8, 4) is 0 Å². The molecular formula is C14H10F3N. The first-order chi connectivity index (χ1) is 8.57. The van der Waals surface area contributed by atoms with Crippen LogP contribution in [0.5, 0.6) is 0 Å². The van der Waals surface area contributed by atoms with Gasteiger partial charge in [0.05, 0.1) is 5.69 Å². The molecule has 0 spiro atoms. The first kappa shape index (κ1) is 12.4. The van der Waals surface area contributed by atoms with Crippen molar-refractivity contribution in [2.45, 2.75) is 6.18 Å². The largest absolute Gasteiger partial charge is 0.433 e. The molecular weight excluding hydrogens is 239 g/mol. The van der Waals surface area contributed by atoms with Gasteiger partial charge in [0.1, 0.15) is 0 Å². The summed E-state index contributed by atoms with van der Waals surface area (Å²) in [5.41, 5.74) is -0.531. The first-order valence-corrected chi connectivity index (χ1v) is 5.34. The number of alkyl halides is 3. The fourth-order valence-electron chi connectivity index (χ4n) is 1.52. The van der Waals surface area contributed by atoms with Gasteiger partial charge in [-0.25, -0.2) is 4.99 Å². The van der Waals surface area contributed by atoms with E-state index < -0.39 is 11.9 Å². The average Bonchev–Trinajstić information content (AvgIpc) is 2.37. The maximum absolute atomic E-state index is 13.0. The molecule has 0 fully saturated rings. The fraction of sp³-hybridized carbons (Fsp3) is 0.0714. The topological polar surface area (TPSA) is 12.4 Å². The molecule has 0 amide bonds. The Labute approximate surface area is 103 Å². The maximum atomic E-state index is 13.0. The molecule has 0 atom stereocenters. The molecule has 0 aliphatic rings. The van der Waals surface area contributed by atoms with E-state index in [1.54, 1.807) is 36.4 Å². The van der Waals surface area contributed by atoms with Crippen LogP contribution in [-0.2, 0) is 0 Å². The fourth-order valence-corrected chi connectivity index (χ4v) is 1.52. The van der Waals surface area contributed by atoms with Gasteiger partial charge in [0.25, 0.3) is 0 Å². The predicted octanol–water partition coefficient (Wildman–Crippen LogP) is 4.37. The van der Waals surface area contributed by atoms with Crippen LogP contribution in [0.4, 0.5) is 18.9 Å². The lowest BCUT2D eigenvalue weighted by Crippen LogP contribution is -2.23. The lowest BCUT2D eigenvalue weighted by Gasteiger charge is -2.10. The number of para-hydroxylation sites is 1. The molecule has 2 rings (SSSR count). The van der Waals surface area contributed by atoms with Gasteiger partial charge in [-0.15, -0.1) is 0 Å². The molecule has 0 unspecified atom stereocenters. The van der Waals surface area contributed by atoms with Crippen LogP contribution >= 0.6 is 0 Å². The van der Waals surface area contributed by atoms with Crippen molar-refractivity contribution < 1.29 is 13.2 Å². The Balaban J connectivity index is 2.48. The molecule has 0 radical (unpaired) electrons. The van der Waals surface area contributed by atoms with E-state index in [-0.39, 0.29) is 11.3 Å². The summed E-state index contributed by atoms with van der Waals surface area (Å²) < 4.78 is 38.9. The second-order valence-electron chi connectivity index (χ2n) is 3.66. The van der Waals surface area contributed by atoms with Crippen LogP contribution in [0.2, 0.25) is 0 Å². The minimum atomic E-state index is -4.48. The highest BCUT2D eigenvalue weighted by molar-refractivity contribution is 6.05. The van der Waals surface area contributed by atoms with Crippen molar-refractivity contribution in [2.75, 3.05) is 0 Å². The lowest BCUT2D eigenvalue weighted by molar-refractivity contribution is -0.0579. The third-order valence-electron chi connectivity index (χ3n) is 2.31. The van der Waals surface area contributed by atoms with E-state index in [1.807, 2.05) is 0 Å². The Morgan fingerprint density at radius 3 is 1.78 bits per heavy atom. The van der Waals surface area contributed by atoms with Crippen molar-refractivity contribution in [1.82, 2.24) is 0 Å². The number of rotatable bonds is 2. The summed E-state index contributed by atoms with van der Waals surface area (Å²) >= 11 is 0. The highest BCUT2D eigenvalue weighted by atomic mass is 19.4. The van der Waals surface area contributed by atoms with Crippen molar-refractivity contribution in [2.24, 2.45) is 4.99 Å². The Kier molecular flexibility index (Phi) is 3.46. The van der Waals surface area contributed by atoms with E-state index in [2.05, 4.69) is 4.99 Å². The van der Waals surface area contributed by atoms with E-state index in [0.717, 1.165) is 0 Å².